The summed E-state index contributed by atoms with van der Waals surface area (Å²) in [4.78, 5) is 43.0. The Morgan fingerprint density at radius 3 is 2.75 bits per heavy atom. The molecule has 0 bridgehead atoms. The van der Waals surface area contributed by atoms with Crippen molar-refractivity contribution in [1.29, 1.82) is 0 Å². The van der Waals surface area contributed by atoms with Crippen LogP contribution >= 0.6 is 11.3 Å². The third-order valence-corrected chi connectivity index (χ3v) is 4.65. The van der Waals surface area contributed by atoms with Gasteiger partial charge in [-0.2, -0.15) is 11.3 Å². The minimum atomic E-state index is -0.552. The average Bonchev–Trinajstić information content (AvgIpc) is 3.18. The van der Waals surface area contributed by atoms with Gasteiger partial charge in [-0.15, -0.1) is 0 Å². The summed E-state index contributed by atoms with van der Waals surface area (Å²) in [6.45, 7) is 0.138. The number of aryl methyl sites for hydroxylation is 2. The van der Waals surface area contributed by atoms with E-state index in [0.717, 1.165) is 10.1 Å². The van der Waals surface area contributed by atoms with Crippen molar-refractivity contribution in [3.8, 4) is 0 Å². The molecule has 0 saturated heterocycles. The number of imidazole rings is 1. The van der Waals surface area contributed by atoms with Crippen LogP contribution in [0.4, 0.5) is 0 Å². The summed E-state index contributed by atoms with van der Waals surface area (Å²) in [6, 6.07) is 1.93. The van der Waals surface area contributed by atoms with Crippen LogP contribution in [0.1, 0.15) is 5.56 Å². The fourth-order valence-electron chi connectivity index (χ4n) is 2.54. The Morgan fingerprint density at radius 2 is 2.08 bits per heavy atom. The number of amides is 1. The third kappa shape index (κ3) is 2.67. The third-order valence-electron chi connectivity index (χ3n) is 3.92. The lowest BCUT2D eigenvalue weighted by Gasteiger charge is -2.17. The summed E-state index contributed by atoms with van der Waals surface area (Å²) in [7, 11) is 4.86. The van der Waals surface area contributed by atoms with Crippen molar-refractivity contribution in [1.82, 2.24) is 23.6 Å². The van der Waals surface area contributed by atoms with Gasteiger partial charge in [-0.05, 0) is 22.4 Å². The number of likely N-dealkylation sites (N-methyl/N-ethyl adjacent to an activating group) is 1. The first-order valence-corrected chi connectivity index (χ1v) is 8.20. The first-order valence-electron chi connectivity index (χ1n) is 7.26. The molecule has 126 valence electrons. The molecule has 0 aliphatic heterocycles. The summed E-state index contributed by atoms with van der Waals surface area (Å²) in [5.41, 5.74) is 0.556. The molecule has 0 spiro atoms. The molecule has 3 aromatic heterocycles. The van der Waals surface area contributed by atoms with Crippen LogP contribution < -0.4 is 11.2 Å². The Balaban J connectivity index is 1.95. The molecule has 3 rings (SSSR count). The van der Waals surface area contributed by atoms with Gasteiger partial charge in [-0.3, -0.25) is 14.2 Å². The van der Waals surface area contributed by atoms with E-state index in [4.69, 9.17) is 0 Å². The van der Waals surface area contributed by atoms with E-state index in [0.29, 0.717) is 17.7 Å². The van der Waals surface area contributed by atoms with Crippen LogP contribution in [0, 0.1) is 0 Å². The number of carbonyl (C=O) groups excluding carboxylic acids is 1. The van der Waals surface area contributed by atoms with E-state index in [9.17, 15) is 14.4 Å². The van der Waals surface area contributed by atoms with E-state index in [1.807, 2.05) is 16.8 Å². The number of hydrogen-bond acceptors (Lipinski definition) is 5. The highest BCUT2D eigenvalue weighted by molar-refractivity contribution is 7.07. The van der Waals surface area contributed by atoms with E-state index in [1.165, 1.54) is 22.8 Å². The molecule has 0 aliphatic carbocycles. The van der Waals surface area contributed by atoms with Crippen LogP contribution in [-0.4, -0.2) is 36.5 Å². The van der Waals surface area contributed by atoms with Gasteiger partial charge in [0, 0.05) is 27.7 Å². The number of aromatic nitrogens is 4. The van der Waals surface area contributed by atoms with Crippen molar-refractivity contribution in [3.05, 3.63) is 49.6 Å². The Bertz CT molecular complexity index is 1010. The number of hydrogen-bond donors (Lipinski definition) is 0. The highest BCUT2D eigenvalue weighted by Crippen LogP contribution is 2.09. The van der Waals surface area contributed by atoms with Crippen molar-refractivity contribution in [3.63, 3.8) is 0 Å². The standard InChI is InChI=1S/C15H17N5O3S/c1-17(6-10-4-5-24-8-10)11(21)7-20-14(22)12-13(16-9-18(12)2)19(3)15(20)23/h4-5,8-9H,6-7H2,1-3H3. The second-order valence-corrected chi connectivity index (χ2v) is 6.42. The number of nitrogens with zero attached hydrogens (tertiary/aromatic N) is 5. The van der Waals surface area contributed by atoms with Crippen LogP contribution in [0.5, 0.6) is 0 Å². The Kier molecular flexibility index (Phi) is 4.10. The molecule has 0 atom stereocenters. The molecule has 0 saturated carbocycles. The topological polar surface area (TPSA) is 82.1 Å². The van der Waals surface area contributed by atoms with Crippen molar-refractivity contribution in [2.45, 2.75) is 13.1 Å². The number of carbonyl (C=O) groups is 1. The lowest BCUT2D eigenvalue weighted by atomic mass is 10.3. The average molecular weight is 347 g/mol. The summed E-state index contributed by atoms with van der Waals surface area (Å²) >= 11 is 1.55. The molecule has 0 aromatic carbocycles. The van der Waals surface area contributed by atoms with Gasteiger partial charge < -0.3 is 9.47 Å². The molecule has 0 N–H and O–H groups in total. The van der Waals surface area contributed by atoms with Crippen molar-refractivity contribution in [2.75, 3.05) is 7.05 Å². The van der Waals surface area contributed by atoms with E-state index >= 15 is 0 Å². The molecule has 0 unspecified atom stereocenters. The van der Waals surface area contributed by atoms with E-state index in [-0.39, 0.29) is 12.5 Å². The fourth-order valence-corrected chi connectivity index (χ4v) is 3.20. The van der Waals surface area contributed by atoms with Crippen molar-refractivity contribution < 1.29 is 4.79 Å². The second kappa shape index (κ2) is 6.08. The number of thiophene rings is 1. The maximum Gasteiger partial charge on any atom is 0.332 e. The van der Waals surface area contributed by atoms with Crippen LogP contribution in [0.25, 0.3) is 11.2 Å². The van der Waals surface area contributed by atoms with Crippen LogP contribution in [-0.2, 0) is 32.0 Å². The van der Waals surface area contributed by atoms with Crippen LogP contribution in [0.3, 0.4) is 0 Å². The predicted molar refractivity (Wildman–Crippen MR) is 91.0 cm³/mol. The van der Waals surface area contributed by atoms with Gasteiger partial charge in [0.2, 0.25) is 5.91 Å². The van der Waals surface area contributed by atoms with E-state index in [2.05, 4.69) is 4.98 Å². The van der Waals surface area contributed by atoms with Gasteiger partial charge >= 0.3 is 5.69 Å². The molecule has 9 heteroatoms. The fraction of sp³-hybridized carbons (Fsp3) is 0.333. The van der Waals surface area contributed by atoms with E-state index in [1.54, 1.807) is 30.0 Å². The zero-order chi connectivity index (χ0) is 17.4. The van der Waals surface area contributed by atoms with Gasteiger partial charge in [-0.1, -0.05) is 0 Å². The van der Waals surface area contributed by atoms with Crippen LogP contribution in [0.15, 0.2) is 32.7 Å². The monoisotopic (exact) mass is 347 g/mol. The molecule has 1 amide bonds. The molecule has 0 radical (unpaired) electrons. The summed E-state index contributed by atoms with van der Waals surface area (Å²) < 4.78 is 3.78. The predicted octanol–water partition coefficient (Wildman–Crippen LogP) is 0.154. The zero-order valence-electron chi connectivity index (χ0n) is 13.6. The van der Waals surface area contributed by atoms with E-state index < -0.39 is 11.2 Å². The summed E-state index contributed by atoms with van der Waals surface area (Å²) in [5, 5.41) is 3.89. The van der Waals surface area contributed by atoms with Crippen molar-refractivity contribution >= 4 is 28.4 Å². The highest BCUT2D eigenvalue weighted by Gasteiger charge is 2.18. The minimum absolute atomic E-state index is 0.297. The van der Waals surface area contributed by atoms with Gasteiger partial charge in [0.05, 0.1) is 6.33 Å². The first-order chi connectivity index (χ1) is 11.4. The molecular weight excluding hydrogens is 330 g/mol. The molecular formula is C15H17N5O3S. The molecule has 0 fully saturated rings. The molecule has 8 nitrogen and oxygen atoms in total. The minimum Gasteiger partial charge on any atom is -0.340 e. The lowest BCUT2D eigenvalue weighted by molar-refractivity contribution is -0.131. The SMILES string of the molecule is CN(Cc1ccsc1)C(=O)Cn1c(=O)c2c(ncn2C)n(C)c1=O. The van der Waals surface area contributed by atoms with Gasteiger partial charge in [0.1, 0.15) is 6.54 Å². The maximum absolute atomic E-state index is 12.6. The normalized spacial score (nSPS) is 11.1. The van der Waals surface area contributed by atoms with Gasteiger partial charge in [0.15, 0.2) is 11.2 Å². The Labute approximate surface area is 141 Å². The molecule has 3 heterocycles. The maximum atomic E-state index is 12.6. The van der Waals surface area contributed by atoms with Gasteiger partial charge in [-0.25, -0.2) is 14.3 Å². The Morgan fingerprint density at radius 1 is 1.33 bits per heavy atom. The van der Waals surface area contributed by atoms with Crippen molar-refractivity contribution in [2.24, 2.45) is 14.1 Å². The van der Waals surface area contributed by atoms with Gasteiger partial charge in [0.25, 0.3) is 5.56 Å². The lowest BCUT2D eigenvalue weighted by Crippen LogP contribution is -2.43. The quantitative estimate of drug-likeness (QED) is 0.673. The smallest absolute Gasteiger partial charge is 0.332 e. The first kappa shape index (κ1) is 16.2. The largest absolute Gasteiger partial charge is 0.340 e. The highest BCUT2D eigenvalue weighted by atomic mass is 32.1. The Hall–Kier alpha value is -2.68. The second-order valence-electron chi connectivity index (χ2n) is 5.64. The molecule has 0 aliphatic rings. The summed E-state index contributed by atoms with van der Waals surface area (Å²) in [6.07, 6.45) is 1.47. The zero-order valence-corrected chi connectivity index (χ0v) is 14.4. The molecule has 3 aromatic rings. The number of fused-ring (bicyclic) bond motifs is 1. The number of rotatable bonds is 4. The van der Waals surface area contributed by atoms with Crippen LogP contribution in [0.2, 0.25) is 0 Å². The summed E-state index contributed by atoms with van der Waals surface area (Å²) in [5.74, 6) is -0.304. The molecule has 24 heavy (non-hydrogen) atoms.